The predicted octanol–water partition coefficient (Wildman–Crippen LogP) is 3.36. The molecule has 0 bridgehead atoms. The fraction of sp³-hybridized carbons (Fsp3) is 0.0833. The maximum Gasteiger partial charge on any atom is 0.123 e. The Hall–Kier alpha value is -1.42. The molecule has 0 unspecified atom stereocenters. The summed E-state index contributed by atoms with van der Waals surface area (Å²) in [5.74, 6) is 0.212. The van der Waals surface area contributed by atoms with Crippen LogP contribution in [0.5, 0.6) is 0 Å². The highest BCUT2D eigenvalue weighted by atomic mass is 79.9. The number of nitrogen functional groups attached to an aromatic ring is 1. The van der Waals surface area contributed by atoms with Gasteiger partial charge in [-0.15, -0.1) is 0 Å². The Bertz CT molecular complexity index is 514. The minimum Gasteiger partial charge on any atom is -0.384 e. The van der Waals surface area contributed by atoms with Crippen LogP contribution in [-0.2, 0) is 5.33 Å². The molecule has 0 amide bonds. The Morgan fingerprint density at radius 3 is 2.75 bits per heavy atom. The van der Waals surface area contributed by atoms with E-state index in [0.717, 1.165) is 16.8 Å². The second-order valence-electron chi connectivity index (χ2n) is 3.37. The number of nitrogens with two attached hydrogens (primary N) is 1. The molecule has 0 aliphatic carbocycles. The first-order valence-corrected chi connectivity index (χ1v) is 5.90. The van der Waals surface area contributed by atoms with Crippen molar-refractivity contribution in [2.24, 2.45) is 0 Å². The number of benzene rings is 1. The van der Waals surface area contributed by atoms with Gasteiger partial charge in [-0.2, -0.15) is 0 Å². The molecule has 2 rings (SSSR count). The number of halogens is 2. The van der Waals surface area contributed by atoms with Gasteiger partial charge in [0.1, 0.15) is 11.6 Å². The Kier molecular flexibility index (Phi) is 3.19. The summed E-state index contributed by atoms with van der Waals surface area (Å²) >= 11 is 3.35. The Morgan fingerprint density at radius 2 is 2.06 bits per heavy atom. The van der Waals surface area contributed by atoms with Gasteiger partial charge in [-0.25, -0.2) is 9.37 Å². The van der Waals surface area contributed by atoms with Crippen LogP contribution in [0.1, 0.15) is 5.69 Å². The zero-order valence-corrected chi connectivity index (χ0v) is 10.0. The highest BCUT2D eigenvalue weighted by Crippen LogP contribution is 2.25. The van der Waals surface area contributed by atoms with Gasteiger partial charge in [0.2, 0.25) is 0 Å². The Labute approximate surface area is 101 Å². The molecule has 0 aliphatic heterocycles. The highest BCUT2D eigenvalue weighted by Gasteiger charge is 2.06. The number of aromatic nitrogens is 1. The van der Waals surface area contributed by atoms with E-state index in [1.807, 2.05) is 12.1 Å². The first-order chi connectivity index (χ1) is 7.70. The maximum atomic E-state index is 13.1. The molecule has 0 aliphatic rings. The van der Waals surface area contributed by atoms with E-state index in [1.54, 1.807) is 12.1 Å². The summed E-state index contributed by atoms with van der Waals surface area (Å²) in [4.78, 5) is 4.21. The molecule has 2 nitrogen and oxygen atoms in total. The van der Waals surface area contributed by atoms with Gasteiger partial charge in [0, 0.05) is 10.9 Å². The van der Waals surface area contributed by atoms with Crippen LogP contribution in [0.2, 0.25) is 0 Å². The number of nitrogens with zero attached hydrogens (tertiary/aromatic N) is 1. The van der Waals surface area contributed by atoms with Crippen LogP contribution in [0.25, 0.3) is 11.1 Å². The predicted molar refractivity (Wildman–Crippen MR) is 66.7 cm³/mol. The van der Waals surface area contributed by atoms with Crippen molar-refractivity contribution in [1.29, 1.82) is 0 Å². The van der Waals surface area contributed by atoms with Crippen molar-refractivity contribution in [2.75, 3.05) is 5.73 Å². The maximum absolute atomic E-state index is 13.1. The summed E-state index contributed by atoms with van der Waals surface area (Å²) in [5.41, 5.74) is 8.12. The van der Waals surface area contributed by atoms with E-state index in [2.05, 4.69) is 20.9 Å². The molecule has 16 heavy (non-hydrogen) atoms. The van der Waals surface area contributed by atoms with Gasteiger partial charge in [0.25, 0.3) is 0 Å². The second kappa shape index (κ2) is 4.61. The molecular weight excluding hydrogens is 271 g/mol. The van der Waals surface area contributed by atoms with Gasteiger partial charge in [0.05, 0.1) is 5.69 Å². The van der Waals surface area contributed by atoms with E-state index in [4.69, 9.17) is 5.73 Å². The summed E-state index contributed by atoms with van der Waals surface area (Å²) in [7, 11) is 0. The van der Waals surface area contributed by atoms with E-state index in [1.165, 1.54) is 12.1 Å². The third-order valence-electron chi connectivity index (χ3n) is 2.26. The topological polar surface area (TPSA) is 38.9 Å². The van der Waals surface area contributed by atoms with Gasteiger partial charge >= 0.3 is 0 Å². The third-order valence-corrected chi connectivity index (χ3v) is 2.79. The summed E-state index contributed by atoms with van der Waals surface area (Å²) < 4.78 is 13.1. The van der Waals surface area contributed by atoms with E-state index < -0.39 is 0 Å². The lowest BCUT2D eigenvalue weighted by Crippen LogP contribution is -1.96. The minimum absolute atomic E-state index is 0.255. The number of pyridine rings is 1. The monoisotopic (exact) mass is 280 g/mol. The standard InChI is InChI=1S/C12H10BrFN2/c13-7-11-10(4-5-12(15)16-11)8-2-1-3-9(14)6-8/h1-6H,7H2,(H2,15,16). The number of anilines is 1. The summed E-state index contributed by atoms with van der Waals surface area (Å²) in [6.07, 6.45) is 0. The molecule has 1 heterocycles. The normalized spacial score (nSPS) is 10.4. The van der Waals surface area contributed by atoms with Crippen LogP contribution in [0, 0.1) is 5.82 Å². The van der Waals surface area contributed by atoms with E-state index >= 15 is 0 Å². The average molecular weight is 281 g/mol. The van der Waals surface area contributed by atoms with Gasteiger partial charge in [0.15, 0.2) is 0 Å². The average Bonchev–Trinajstić information content (AvgIpc) is 2.28. The summed E-state index contributed by atoms with van der Waals surface area (Å²) in [5, 5.41) is 0.587. The van der Waals surface area contributed by atoms with Crippen LogP contribution in [0.15, 0.2) is 36.4 Å². The largest absolute Gasteiger partial charge is 0.384 e. The number of alkyl halides is 1. The van der Waals surface area contributed by atoms with Crippen molar-refractivity contribution in [3.05, 3.63) is 47.9 Å². The molecule has 2 aromatic rings. The van der Waals surface area contributed by atoms with Crippen molar-refractivity contribution < 1.29 is 4.39 Å². The molecule has 0 spiro atoms. The zero-order valence-electron chi connectivity index (χ0n) is 8.45. The molecule has 0 atom stereocenters. The zero-order chi connectivity index (χ0) is 11.5. The van der Waals surface area contributed by atoms with E-state index in [0.29, 0.717) is 11.1 Å². The minimum atomic E-state index is -0.255. The molecular formula is C12H10BrFN2. The third kappa shape index (κ3) is 2.22. The quantitative estimate of drug-likeness (QED) is 0.857. The molecule has 1 aromatic heterocycles. The molecule has 4 heteroatoms. The molecule has 0 radical (unpaired) electrons. The Balaban J connectivity index is 2.55. The van der Waals surface area contributed by atoms with Gasteiger partial charge < -0.3 is 5.73 Å². The van der Waals surface area contributed by atoms with Gasteiger partial charge in [-0.05, 0) is 29.8 Å². The van der Waals surface area contributed by atoms with Crippen LogP contribution in [0.4, 0.5) is 10.2 Å². The highest BCUT2D eigenvalue weighted by molar-refractivity contribution is 9.08. The fourth-order valence-electron chi connectivity index (χ4n) is 1.54. The summed E-state index contributed by atoms with van der Waals surface area (Å²) in [6, 6.07) is 10.0. The van der Waals surface area contributed by atoms with Gasteiger partial charge in [-0.1, -0.05) is 28.1 Å². The van der Waals surface area contributed by atoms with Crippen LogP contribution in [-0.4, -0.2) is 4.98 Å². The van der Waals surface area contributed by atoms with Gasteiger partial charge in [-0.3, -0.25) is 0 Å². The lowest BCUT2D eigenvalue weighted by Gasteiger charge is -2.07. The van der Waals surface area contributed by atoms with E-state index in [9.17, 15) is 4.39 Å². The van der Waals surface area contributed by atoms with Crippen molar-refractivity contribution in [3.8, 4) is 11.1 Å². The van der Waals surface area contributed by atoms with Crippen molar-refractivity contribution >= 4 is 21.7 Å². The molecule has 0 fully saturated rings. The van der Waals surface area contributed by atoms with Crippen molar-refractivity contribution in [2.45, 2.75) is 5.33 Å². The number of hydrogen-bond acceptors (Lipinski definition) is 2. The molecule has 1 aromatic carbocycles. The number of rotatable bonds is 2. The SMILES string of the molecule is Nc1ccc(-c2cccc(F)c2)c(CBr)n1. The summed E-state index contributed by atoms with van der Waals surface area (Å²) in [6.45, 7) is 0. The molecule has 0 saturated heterocycles. The van der Waals surface area contributed by atoms with Crippen LogP contribution >= 0.6 is 15.9 Å². The second-order valence-corrected chi connectivity index (χ2v) is 3.94. The van der Waals surface area contributed by atoms with Crippen molar-refractivity contribution in [3.63, 3.8) is 0 Å². The lowest BCUT2D eigenvalue weighted by atomic mass is 10.0. The fourth-order valence-corrected chi connectivity index (χ4v) is 1.97. The first kappa shape index (κ1) is 11.1. The Morgan fingerprint density at radius 1 is 1.25 bits per heavy atom. The van der Waals surface area contributed by atoms with E-state index in [-0.39, 0.29) is 5.82 Å². The first-order valence-electron chi connectivity index (χ1n) is 4.78. The van der Waals surface area contributed by atoms with Crippen LogP contribution in [0.3, 0.4) is 0 Å². The molecule has 0 saturated carbocycles. The van der Waals surface area contributed by atoms with Crippen LogP contribution < -0.4 is 5.73 Å². The smallest absolute Gasteiger partial charge is 0.123 e. The number of hydrogen-bond donors (Lipinski definition) is 1. The molecule has 82 valence electrons. The van der Waals surface area contributed by atoms with Crippen molar-refractivity contribution in [1.82, 2.24) is 4.98 Å². The lowest BCUT2D eigenvalue weighted by molar-refractivity contribution is 0.628. The molecule has 2 N–H and O–H groups in total.